The topological polar surface area (TPSA) is 69.7 Å². The number of ketones is 1. The fourth-order valence-corrected chi connectivity index (χ4v) is 4.67. The summed E-state index contributed by atoms with van der Waals surface area (Å²) in [6.45, 7) is 3.72. The van der Waals surface area contributed by atoms with Crippen molar-refractivity contribution < 1.29 is 23.9 Å². The molecule has 0 bridgehead atoms. The van der Waals surface area contributed by atoms with E-state index < -0.39 is 17.5 Å². The molecular formula is C35H47ClO5. The Bertz CT molecular complexity index is 1060. The predicted octanol–water partition coefficient (Wildman–Crippen LogP) is 9.86. The fourth-order valence-electron chi connectivity index (χ4n) is 4.55. The first-order valence-corrected chi connectivity index (χ1v) is 15.6. The number of rotatable bonds is 21. The van der Waals surface area contributed by atoms with E-state index in [1.165, 1.54) is 51.9 Å². The predicted molar refractivity (Wildman–Crippen MR) is 166 cm³/mol. The molecule has 0 heterocycles. The van der Waals surface area contributed by atoms with Gasteiger partial charge in [0.2, 0.25) is 5.60 Å². The molecule has 0 amide bonds. The van der Waals surface area contributed by atoms with E-state index in [4.69, 9.17) is 21.1 Å². The standard InChI is InChI=1S/C35H47ClO5/c1-3-4-5-6-7-8-9-10-11-12-13-14-15-16-20-23-33(38)40-34(39)35(2,41-31-21-18-17-19-22-31)28-32(37)29-24-26-30(36)27-25-29/h10-11,17-19,21-22,24-27H,3-9,12-16,20,23,28H2,1-2H3/b11-10-. The Hall–Kier alpha value is -2.92. The van der Waals surface area contributed by atoms with Gasteiger partial charge < -0.3 is 9.47 Å². The summed E-state index contributed by atoms with van der Waals surface area (Å²) in [5.41, 5.74) is -1.28. The van der Waals surface area contributed by atoms with Crippen molar-refractivity contribution in [3.63, 3.8) is 0 Å². The summed E-state index contributed by atoms with van der Waals surface area (Å²) in [6.07, 6.45) is 19.6. The third-order valence-electron chi connectivity index (χ3n) is 7.03. The minimum atomic E-state index is -1.67. The van der Waals surface area contributed by atoms with Crippen molar-refractivity contribution >= 4 is 29.3 Å². The van der Waals surface area contributed by atoms with Gasteiger partial charge in [-0.1, -0.05) is 100 Å². The quantitative estimate of drug-likeness (QED) is 0.0481. The summed E-state index contributed by atoms with van der Waals surface area (Å²) in [4.78, 5) is 38.5. The van der Waals surface area contributed by atoms with Gasteiger partial charge in [0.25, 0.3) is 0 Å². The van der Waals surface area contributed by atoms with Gasteiger partial charge in [-0.3, -0.25) is 9.59 Å². The second kappa shape index (κ2) is 20.0. The van der Waals surface area contributed by atoms with Crippen molar-refractivity contribution in [2.24, 2.45) is 0 Å². The van der Waals surface area contributed by atoms with Gasteiger partial charge in [0.15, 0.2) is 5.78 Å². The lowest BCUT2D eigenvalue weighted by Crippen LogP contribution is -2.45. The Kier molecular flexibility index (Phi) is 16.8. The summed E-state index contributed by atoms with van der Waals surface area (Å²) < 4.78 is 11.1. The van der Waals surface area contributed by atoms with Gasteiger partial charge in [-0.2, -0.15) is 0 Å². The molecule has 0 N–H and O–H groups in total. The molecule has 0 spiro atoms. The van der Waals surface area contributed by atoms with E-state index >= 15 is 0 Å². The molecule has 2 aromatic rings. The van der Waals surface area contributed by atoms with Gasteiger partial charge >= 0.3 is 11.9 Å². The minimum absolute atomic E-state index is 0.149. The number of esters is 2. The number of para-hydroxylation sites is 1. The highest BCUT2D eigenvalue weighted by molar-refractivity contribution is 6.30. The first kappa shape index (κ1) is 34.3. The molecule has 5 nitrogen and oxygen atoms in total. The maximum absolute atomic E-state index is 13.1. The lowest BCUT2D eigenvalue weighted by Gasteiger charge is -2.27. The van der Waals surface area contributed by atoms with E-state index in [0.29, 0.717) is 22.8 Å². The third kappa shape index (κ3) is 14.5. The van der Waals surface area contributed by atoms with Crippen LogP contribution >= 0.6 is 11.6 Å². The first-order chi connectivity index (χ1) is 19.8. The Labute approximate surface area is 251 Å². The van der Waals surface area contributed by atoms with Crippen LogP contribution in [0.4, 0.5) is 0 Å². The zero-order valence-electron chi connectivity index (χ0n) is 24.9. The molecule has 1 atom stereocenters. The Morgan fingerprint density at radius 3 is 1.93 bits per heavy atom. The molecule has 224 valence electrons. The Balaban J connectivity index is 1.71. The molecule has 1 unspecified atom stereocenters. The second-order valence-electron chi connectivity index (χ2n) is 10.8. The average Bonchev–Trinajstić information content (AvgIpc) is 2.95. The van der Waals surface area contributed by atoms with Crippen LogP contribution < -0.4 is 4.74 Å². The highest BCUT2D eigenvalue weighted by atomic mass is 35.5. The normalized spacial score (nSPS) is 12.7. The van der Waals surface area contributed by atoms with Crippen molar-refractivity contribution in [3.8, 4) is 5.75 Å². The van der Waals surface area contributed by atoms with Gasteiger partial charge in [0.05, 0.1) is 6.42 Å². The second-order valence-corrected chi connectivity index (χ2v) is 11.3. The highest BCUT2D eigenvalue weighted by Crippen LogP contribution is 2.25. The van der Waals surface area contributed by atoms with Crippen LogP contribution in [0, 0.1) is 0 Å². The average molecular weight is 583 g/mol. The molecule has 2 aromatic carbocycles. The van der Waals surface area contributed by atoms with Crippen molar-refractivity contribution in [1.82, 2.24) is 0 Å². The number of carbonyl (C=O) groups excluding carboxylic acids is 3. The van der Waals surface area contributed by atoms with E-state index in [2.05, 4.69) is 19.1 Å². The van der Waals surface area contributed by atoms with Crippen LogP contribution in [-0.2, 0) is 14.3 Å². The zero-order valence-corrected chi connectivity index (χ0v) is 25.6. The van der Waals surface area contributed by atoms with E-state index in [0.717, 1.165) is 32.1 Å². The Morgan fingerprint density at radius 2 is 1.32 bits per heavy atom. The molecular weight excluding hydrogens is 536 g/mol. The van der Waals surface area contributed by atoms with E-state index in [9.17, 15) is 14.4 Å². The molecule has 0 aliphatic rings. The van der Waals surface area contributed by atoms with Crippen LogP contribution in [0.5, 0.6) is 5.75 Å². The molecule has 0 aliphatic carbocycles. The van der Waals surface area contributed by atoms with Crippen LogP contribution in [0.15, 0.2) is 66.7 Å². The van der Waals surface area contributed by atoms with E-state index in [1.54, 1.807) is 48.5 Å². The molecule has 0 aromatic heterocycles. The Morgan fingerprint density at radius 1 is 0.756 bits per heavy atom. The summed E-state index contributed by atoms with van der Waals surface area (Å²) in [5.74, 6) is -1.39. The monoisotopic (exact) mass is 582 g/mol. The van der Waals surface area contributed by atoms with E-state index in [1.807, 2.05) is 6.07 Å². The smallest absolute Gasteiger partial charge is 0.358 e. The summed E-state index contributed by atoms with van der Waals surface area (Å²) in [5, 5.41) is 0.505. The van der Waals surface area contributed by atoms with Crippen LogP contribution in [0.3, 0.4) is 0 Å². The SMILES string of the molecule is CCCCCCCC/C=C\CCCCCCCC(=O)OC(=O)C(C)(CC(=O)c1ccc(Cl)cc1)Oc1ccccc1. The van der Waals surface area contributed by atoms with Gasteiger partial charge in [0, 0.05) is 17.0 Å². The first-order valence-electron chi connectivity index (χ1n) is 15.3. The van der Waals surface area contributed by atoms with Crippen LogP contribution in [-0.4, -0.2) is 23.3 Å². The number of Topliss-reactive ketones (excluding diaryl/α,β-unsaturated/α-hetero) is 1. The lowest BCUT2D eigenvalue weighted by molar-refractivity contribution is -0.170. The van der Waals surface area contributed by atoms with Gasteiger partial charge in [0.1, 0.15) is 5.75 Å². The van der Waals surface area contributed by atoms with Gasteiger partial charge in [-0.05, 0) is 75.4 Å². The number of benzene rings is 2. The van der Waals surface area contributed by atoms with E-state index in [-0.39, 0.29) is 18.6 Å². The number of carbonyl (C=O) groups is 3. The number of allylic oxidation sites excluding steroid dienone is 2. The van der Waals surface area contributed by atoms with Gasteiger partial charge in [-0.25, -0.2) is 4.79 Å². The lowest BCUT2D eigenvalue weighted by atomic mass is 9.95. The van der Waals surface area contributed by atoms with Crippen molar-refractivity contribution in [2.45, 2.75) is 116 Å². The zero-order chi connectivity index (χ0) is 29.8. The number of unbranched alkanes of at least 4 members (excludes halogenated alkanes) is 11. The largest absolute Gasteiger partial charge is 0.475 e. The maximum atomic E-state index is 13.1. The van der Waals surface area contributed by atoms with Crippen molar-refractivity contribution in [2.75, 3.05) is 0 Å². The highest BCUT2D eigenvalue weighted by Gasteiger charge is 2.41. The molecule has 2 rings (SSSR count). The summed E-state index contributed by atoms with van der Waals surface area (Å²) in [6, 6.07) is 15.1. The molecule has 0 aliphatic heterocycles. The molecule has 0 radical (unpaired) electrons. The molecule has 0 fully saturated rings. The molecule has 41 heavy (non-hydrogen) atoms. The third-order valence-corrected chi connectivity index (χ3v) is 7.28. The summed E-state index contributed by atoms with van der Waals surface area (Å²) >= 11 is 5.93. The van der Waals surface area contributed by atoms with Crippen LogP contribution in [0.2, 0.25) is 5.02 Å². The molecule has 0 saturated heterocycles. The van der Waals surface area contributed by atoms with Crippen LogP contribution in [0.25, 0.3) is 0 Å². The fraction of sp³-hybridized carbons (Fsp3) is 0.514. The molecule has 6 heteroatoms. The van der Waals surface area contributed by atoms with Crippen molar-refractivity contribution in [1.29, 1.82) is 0 Å². The molecule has 0 saturated carbocycles. The minimum Gasteiger partial charge on any atom is -0.475 e. The van der Waals surface area contributed by atoms with Gasteiger partial charge in [-0.15, -0.1) is 0 Å². The number of hydrogen-bond donors (Lipinski definition) is 0. The van der Waals surface area contributed by atoms with Crippen LogP contribution in [0.1, 0.15) is 121 Å². The summed E-state index contributed by atoms with van der Waals surface area (Å²) in [7, 11) is 0. The maximum Gasteiger partial charge on any atom is 0.358 e. The number of ether oxygens (including phenoxy) is 2. The number of hydrogen-bond acceptors (Lipinski definition) is 5. The number of halogens is 1. The van der Waals surface area contributed by atoms with Crippen molar-refractivity contribution in [3.05, 3.63) is 77.3 Å².